The minimum atomic E-state index is -4.45. The zero-order valence-corrected chi connectivity index (χ0v) is 18.6. The van der Waals surface area contributed by atoms with Crippen molar-refractivity contribution >= 4 is 11.6 Å². The fraction of sp³-hybridized carbons (Fsp3) is 0.0741. The van der Waals surface area contributed by atoms with E-state index < -0.39 is 17.7 Å². The average Bonchev–Trinajstić information content (AvgIpc) is 3.32. The van der Waals surface area contributed by atoms with Gasteiger partial charge < -0.3 is 9.84 Å². The molecule has 3 aromatic carbocycles. The van der Waals surface area contributed by atoms with Crippen molar-refractivity contribution in [3.63, 3.8) is 0 Å². The predicted molar refractivity (Wildman–Crippen MR) is 127 cm³/mol. The second kappa shape index (κ2) is 9.18. The molecule has 9 heteroatoms. The Bertz CT molecular complexity index is 1530. The van der Waals surface area contributed by atoms with Crippen LogP contribution < -0.4 is 4.74 Å². The molecule has 0 fully saturated rings. The van der Waals surface area contributed by atoms with E-state index in [9.17, 15) is 23.1 Å². The second-order valence-corrected chi connectivity index (χ2v) is 8.01. The van der Waals surface area contributed by atoms with Crippen LogP contribution in [-0.4, -0.2) is 25.7 Å². The molecule has 0 radical (unpaired) electrons. The summed E-state index contributed by atoms with van der Waals surface area (Å²) in [5.74, 6) is -0.574. The van der Waals surface area contributed by atoms with E-state index in [0.717, 1.165) is 17.7 Å². The summed E-state index contributed by atoms with van der Waals surface area (Å²) in [6.45, 7) is 0.402. The zero-order chi connectivity index (χ0) is 25.3. The summed E-state index contributed by atoms with van der Waals surface area (Å²) in [6.07, 6.45) is -4.45. The Morgan fingerprint density at radius 2 is 1.56 bits per heavy atom. The maximum absolute atomic E-state index is 13.0. The second-order valence-electron chi connectivity index (χ2n) is 8.01. The Morgan fingerprint density at radius 3 is 2.19 bits per heavy atom. The van der Waals surface area contributed by atoms with E-state index in [4.69, 9.17) is 4.74 Å². The van der Waals surface area contributed by atoms with Crippen molar-refractivity contribution in [2.45, 2.75) is 12.8 Å². The molecule has 0 atom stereocenters. The molecule has 0 amide bonds. The molecule has 1 N–H and O–H groups in total. The van der Waals surface area contributed by atoms with Gasteiger partial charge in [-0.05, 0) is 48.0 Å². The highest BCUT2D eigenvalue weighted by atomic mass is 19.4. The van der Waals surface area contributed by atoms with E-state index in [1.54, 1.807) is 30.3 Å². The maximum Gasteiger partial charge on any atom is 0.416 e. The number of carboxylic acid groups (broad SMARTS) is 1. The smallest absolute Gasteiger partial charge is 0.416 e. The SMILES string of the molecule is O=C(O)c1cc2nc(-c3ccc(C(F)(F)F)cc3)cc(-c3ccc(OCc4ccccc4)cc3)n2n1. The summed E-state index contributed by atoms with van der Waals surface area (Å²) in [5.41, 5.74) is 2.37. The first-order valence-electron chi connectivity index (χ1n) is 10.9. The molecule has 36 heavy (non-hydrogen) atoms. The first kappa shape index (κ1) is 23.1. The quantitative estimate of drug-likeness (QED) is 0.300. The molecule has 0 aliphatic heterocycles. The van der Waals surface area contributed by atoms with Crippen LogP contribution in [0, 0.1) is 0 Å². The van der Waals surface area contributed by atoms with E-state index >= 15 is 0 Å². The predicted octanol–water partition coefficient (Wildman–Crippen LogP) is 6.36. The van der Waals surface area contributed by atoms with Crippen LogP contribution in [-0.2, 0) is 12.8 Å². The highest BCUT2D eigenvalue weighted by molar-refractivity contribution is 5.87. The number of nitrogens with zero attached hydrogens (tertiary/aromatic N) is 3. The summed E-state index contributed by atoms with van der Waals surface area (Å²) < 4.78 is 46.2. The molecular formula is C27H18F3N3O3. The summed E-state index contributed by atoms with van der Waals surface area (Å²) in [5, 5.41) is 13.5. The van der Waals surface area contributed by atoms with Crippen LogP contribution in [0.1, 0.15) is 21.6 Å². The van der Waals surface area contributed by atoms with Gasteiger partial charge in [-0.2, -0.15) is 18.3 Å². The average molecular weight is 489 g/mol. The largest absolute Gasteiger partial charge is 0.489 e. The van der Waals surface area contributed by atoms with Crippen molar-refractivity contribution in [2.24, 2.45) is 0 Å². The first-order chi connectivity index (χ1) is 17.3. The van der Waals surface area contributed by atoms with Crippen LogP contribution in [0.15, 0.2) is 91.0 Å². The van der Waals surface area contributed by atoms with Crippen LogP contribution in [0.2, 0.25) is 0 Å². The number of rotatable bonds is 6. The van der Waals surface area contributed by atoms with E-state index in [2.05, 4.69) is 10.1 Å². The molecule has 0 aliphatic carbocycles. The monoisotopic (exact) mass is 489 g/mol. The number of ether oxygens (including phenoxy) is 1. The van der Waals surface area contributed by atoms with Crippen LogP contribution in [0.5, 0.6) is 5.75 Å². The van der Waals surface area contributed by atoms with Gasteiger partial charge in [-0.25, -0.2) is 14.3 Å². The fourth-order valence-corrected chi connectivity index (χ4v) is 3.73. The third kappa shape index (κ3) is 4.76. The van der Waals surface area contributed by atoms with Gasteiger partial charge in [-0.3, -0.25) is 0 Å². The molecule has 0 bridgehead atoms. The van der Waals surface area contributed by atoms with E-state index in [-0.39, 0.29) is 11.3 Å². The molecule has 0 saturated carbocycles. The van der Waals surface area contributed by atoms with Gasteiger partial charge in [0.2, 0.25) is 0 Å². The van der Waals surface area contributed by atoms with E-state index in [1.807, 2.05) is 30.3 Å². The van der Waals surface area contributed by atoms with Gasteiger partial charge in [0.25, 0.3) is 0 Å². The number of alkyl halides is 3. The lowest BCUT2D eigenvalue weighted by Crippen LogP contribution is -2.04. The molecule has 180 valence electrons. The Hall–Kier alpha value is -4.66. The maximum atomic E-state index is 13.0. The van der Waals surface area contributed by atoms with Crippen LogP contribution in [0.3, 0.4) is 0 Å². The fourth-order valence-electron chi connectivity index (χ4n) is 3.73. The number of carboxylic acids is 1. The lowest BCUT2D eigenvalue weighted by Gasteiger charge is -2.11. The third-order valence-electron chi connectivity index (χ3n) is 5.55. The number of fused-ring (bicyclic) bond motifs is 1. The number of halogens is 3. The lowest BCUT2D eigenvalue weighted by atomic mass is 10.1. The number of hydrogen-bond donors (Lipinski definition) is 1. The zero-order valence-electron chi connectivity index (χ0n) is 18.6. The Kier molecular flexibility index (Phi) is 5.89. The molecule has 2 aromatic heterocycles. The highest BCUT2D eigenvalue weighted by Gasteiger charge is 2.30. The van der Waals surface area contributed by atoms with Crippen molar-refractivity contribution in [3.8, 4) is 28.3 Å². The normalized spacial score (nSPS) is 11.5. The Morgan fingerprint density at radius 1 is 0.889 bits per heavy atom. The van der Waals surface area contributed by atoms with Crippen LogP contribution in [0.4, 0.5) is 13.2 Å². The number of hydrogen-bond acceptors (Lipinski definition) is 4. The van der Waals surface area contributed by atoms with E-state index in [0.29, 0.717) is 34.9 Å². The van der Waals surface area contributed by atoms with Crippen molar-refractivity contribution in [1.82, 2.24) is 14.6 Å². The Labute approximate surface area is 203 Å². The van der Waals surface area contributed by atoms with Gasteiger partial charge in [0, 0.05) is 17.2 Å². The molecule has 6 nitrogen and oxygen atoms in total. The number of benzene rings is 3. The van der Waals surface area contributed by atoms with Crippen molar-refractivity contribution < 1.29 is 27.8 Å². The van der Waals surface area contributed by atoms with Crippen molar-refractivity contribution in [1.29, 1.82) is 0 Å². The number of carbonyl (C=O) groups is 1. The summed E-state index contributed by atoms with van der Waals surface area (Å²) in [7, 11) is 0. The minimum Gasteiger partial charge on any atom is -0.489 e. The minimum absolute atomic E-state index is 0.198. The molecule has 0 unspecified atom stereocenters. The standard InChI is InChI=1S/C27H18F3N3O3/c28-27(29,30)20-10-6-18(7-11-20)22-14-24(33-25(31-22)15-23(32-33)26(34)35)19-8-12-21(13-9-19)36-16-17-4-2-1-3-5-17/h1-15H,16H2,(H,34,35). The highest BCUT2D eigenvalue weighted by Crippen LogP contribution is 2.32. The number of aromatic carboxylic acids is 1. The molecule has 0 spiro atoms. The molecule has 5 rings (SSSR count). The molecule has 2 heterocycles. The van der Waals surface area contributed by atoms with Gasteiger partial charge in [0.1, 0.15) is 12.4 Å². The van der Waals surface area contributed by atoms with Gasteiger partial charge in [0.05, 0.1) is 17.0 Å². The summed E-state index contributed by atoms with van der Waals surface area (Å²) in [6, 6.07) is 24.5. The van der Waals surface area contributed by atoms with Crippen LogP contribution >= 0.6 is 0 Å². The first-order valence-corrected chi connectivity index (χ1v) is 10.9. The summed E-state index contributed by atoms with van der Waals surface area (Å²) >= 11 is 0. The van der Waals surface area contributed by atoms with Crippen molar-refractivity contribution in [3.05, 3.63) is 108 Å². The van der Waals surface area contributed by atoms with Gasteiger partial charge >= 0.3 is 12.1 Å². The van der Waals surface area contributed by atoms with Gasteiger partial charge in [-0.1, -0.05) is 42.5 Å². The van der Waals surface area contributed by atoms with E-state index in [1.165, 1.54) is 22.7 Å². The van der Waals surface area contributed by atoms with Gasteiger partial charge in [-0.15, -0.1) is 0 Å². The lowest BCUT2D eigenvalue weighted by molar-refractivity contribution is -0.137. The van der Waals surface area contributed by atoms with Crippen molar-refractivity contribution in [2.75, 3.05) is 0 Å². The molecular weight excluding hydrogens is 471 g/mol. The van der Waals surface area contributed by atoms with Gasteiger partial charge in [0.15, 0.2) is 11.3 Å². The Balaban J connectivity index is 1.52. The van der Waals surface area contributed by atoms with Crippen LogP contribution in [0.25, 0.3) is 28.2 Å². The molecule has 5 aromatic rings. The third-order valence-corrected chi connectivity index (χ3v) is 5.55. The topological polar surface area (TPSA) is 76.7 Å². The molecule has 0 aliphatic rings. The number of aromatic nitrogens is 3. The summed E-state index contributed by atoms with van der Waals surface area (Å²) in [4.78, 5) is 15.9. The molecule has 0 saturated heterocycles.